The van der Waals surface area contributed by atoms with Crippen molar-refractivity contribution in [1.29, 1.82) is 0 Å². The van der Waals surface area contributed by atoms with E-state index in [1.165, 1.54) is 11.6 Å². The number of rotatable bonds is 3. The van der Waals surface area contributed by atoms with E-state index in [0.717, 1.165) is 36.0 Å². The Labute approximate surface area is 137 Å². The van der Waals surface area contributed by atoms with Gasteiger partial charge in [-0.15, -0.1) is 0 Å². The second kappa shape index (κ2) is 6.22. The lowest BCUT2D eigenvalue weighted by Gasteiger charge is -2.29. The third kappa shape index (κ3) is 3.08. The highest BCUT2D eigenvalue weighted by molar-refractivity contribution is 9.10. The SMILES string of the molecule is CN1CCC(c2ccc(-c3cc(C(=O)O)no3)cc2Br)CC1. The average Bonchev–Trinajstić information content (AvgIpc) is 2.98. The number of aromatic carboxylic acids is 1. The fourth-order valence-electron chi connectivity index (χ4n) is 2.84. The molecular formula is C16H17BrN2O3. The number of benzene rings is 1. The number of piperidine rings is 1. The van der Waals surface area contributed by atoms with Crippen LogP contribution in [-0.2, 0) is 0 Å². The molecule has 2 heterocycles. The molecule has 1 aromatic carbocycles. The first-order valence-electron chi connectivity index (χ1n) is 7.23. The minimum absolute atomic E-state index is 0.0782. The highest BCUT2D eigenvalue weighted by Gasteiger charge is 2.21. The van der Waals surface area contributed by atoms with E-state index in [4.69, 9.17) is 9.63 Å². The molecule has 1 N–H and O–H groups in total. The van der Waals surface area contributed by atoms with Gasteiger partial charge in [0.15, 0.2) is 11.5 Å². The molecule has 0 spiro atoms. The number of carboxylic acids is 1. The van der Waals surface area contributed by atoms with Crippen LogP contribution in [0.3, 0.4) is 0 Å². The number of hydrogen-bond donors (Lipinski definition) is 1. The van der Waals surface area contributed by atoms with Gasteiger partial charge in [-0.05, 0) is 50.5 Å². The number of hydrogen-bond acceptors (Lipinski definition) is 4. The molecule has 1 aromatic heterocycles. The third-order valence-electron chi connectivity index (χ3n) is 4.17. The van der Waals surface area contributed by atoms with Gasteiger partial charge in [-0.3, -0.25) is 0 Å². The molecule has 0 amide bonds. The fourth-order valence-corrected chi connectivity index (χ4v) is 3.55. The van der Waals surface area contributed by atoms with Crippen molar-refractivity contribution in [2.75, 3.05) is 20.1 Å². The first-order valence-corrected chi connectivity index (χ1v) is 8.02. The average molecular weight is 365 g/mol. The predicted molar refractivity (Wildman–Crippen MR) is 86.1 cm³/mol. The summed E-state index contributed by atoms with van der Waals surface area (Å²) in [6, 6.07) is 7.47. The van der Waals surface area contributed by atoms with Crippen LogP contribution in [0.25, 0.3) is 11.3 Å². The van der Waals surface area contributed by atoms with Gasteiger partial charge < -0.3 is 14.5 Å². The molecule has 0 unspecified atom stereocenters. The Hall–Kier alpha value is -1.66. The molecule has 1 saturated heterocycles. The zero-order chi connectivity index (χ0) is 15.7. The van der Waals surface area contributed by atoms with Crippen molar-refractivity contribution in [2.24, 2.45) is 0 Å². The summed E-state index contributed by atoms with van der Waals surface area (Å²) in [5, 5.41) is 12.4. The summed E-state index contributed by atoms with van der Waals surface area (Å²) >= 11 is 3.64. The summed E-state index contributed by atoms with van der Waals surface area (Å²) in [6.07, 6.45) is 2.31. The van der Waals surface area contributed by atoms with E-state index in [9.17, 15) is 4.79 Å². The van der Waals surface area contributed by atoms with Crippen LogP contribution in [0.5, 0.6) is 0 Å². The summed E-state index contributed by atoms with van der Waals surface area (Å²) in [5.41, 5.74) is 2.05. The second-order valence-corrected chi connectivity index (χ2v) is 6.55. The molecule has 6 heteroatoms. The van der Waals surface area contributed by atoms with E-state index in [1.54, 1.807) is 0 Å². The van der Waals surface area contributed by atoms with Crippen LogP contribution in [0.4, 0.5) is 0 Å². The monoisotopic (exact) mass is 364 g/mol. The van der Waals surface area contributed by atoms with Gasteiger partial charge in [0, 0.05) is 16.1 Å². The van der Waals surface area contributed by atoms with Crippen molar-refractivity contribution in [3.8, 4) is 11.3 Å². The Morgan fingerprint density at radius 2 is 2.09 bits per heavy atom. The number of nitrogens with zero attached hydrogens (tertiary/aromatic N) is 2. The summed E-state index contributed by atoms with van der Waals surface area (Å²) in [6.45, 7) is 2.23. The van der Waals surface area contributed by atoms with Gasteiger partial charge in [-0.1, -0.05) is 33.2 Å². The van der Waals surface area contributed by atoms with Crippen molar-refractivity contribution >= 4 is 21.9 Å². The standard InChI is InChI=1S/C16H17BrN2O3/c1-19-6-4-10(5-7-19)12-3-2-11(8-13(12)17)15-9-14(16(20)21)18-22-15/h2-3,8-10H,4-7H2,1H3,(H,20,21). The number of halogens is 1. The van der Waals surface area contributed by atoms with Crippen molar-refractivity contribution in [1.82, 2.24) is 10.1 Å². The van der Waals surface area contributed by atoms with Gasteiger partial charge >= 0.3 is 5.97 Å². The lowest BCUT2D eigenvalue weighted by molar-refractivity contribution is 0.0686. The summed E-state index contributed by atoms with van der Waals surface area (Å²) < 4.78 is 6.14. The topological polar surface area (TPSA) is 66.6 Å². The summed E-state index contributed by atoms with van der Waals surface area (Å²) in [7, 11) is 2.15. The Balaban J connectivity index is 1.83. The molecule has 0 atom stereocenters. The van der Waals surface area contributed by atoms with E-state index < -0.39 is 5.97 Å². The normalized spacial score (nSPS) is 16.8. The minimum Gasteiger partial charge on any atom is -0.476 e. The molecule has 0 saturated carbocycles. The van der Waals surface area contributed by atoms with Gasteiger partial charge in [0.25, 0.3) is 0 Å². The van der Waals surface area contributed by atoms with Crippen molar-refractivity contribution in [2.45, 2.75) is 18.8 Å². The molecule has 3 rings (SSSR count). The molecular weight excluding hydrogens is 348 g/mol. The number of carbonyl (C=O) groups is 1. The molecule has 22 heavy (non-hydrogen) atoms. The lowest BCUT2D eigenvalue weighted by Crippen LogP contribution is -2.29. The zero-order valence-corrected chi connectivity index (χ0v) is 13.8. The predicted octanol–water partition coefficient (Wildman–Crippen LogP) is 3.61. The number of aromatic nitrogens is 1. The van der Waals surface area contributed by atoms with E-state index in [2.05, 4.69) is 39.1 Å². The van der Waals surface area contributed by atoms with E-state index >= 15 is 0 Å². The van der Waals surface area contributed by atoms with E-state index in [1.807, 2.05) is 12.1 Å². The maximum Gasteiger partial charge on any atom is 0.358 e. The maximum absolute atomic E-state index is 10.9. The van der Waals surface area contributed by atoms with Crippen LogP contribution >= 0.6 is 15.9 Å². The first kappa shape index (κ1) is 15.2. The highest BCUT2D eigenvalue weighted by Crippen LogP contribution is 2.35. The second-order valence-electron chi connectivity index (χ2n) is 5.70. The molecule has 0 bridgehead atoms. The van der Waals surface area contributed by atoms with Crippen LogP contribution in [0.1, 0.15) is 34.8 Å². The van der Waals surface area contributed by atoms with Gasteiger partial charge in [-0.2, -0.15) is 0 Å². The largest absolute Gasteiger partial charge is 0.476 e. The fraction of sp³-hybridized carbons (Fsp3) is 0.375. The Morgan fingerprint density at radius 3 is 2.68 bits per heavy atom. The highest BCUT2D eigenvalue weighted by atomic mass is 79.9. The van der Waals surface area contributed by atoms with Crippen LogP contribution < -0.4 is 0 Å². The van der Waals surface area contributed by atoms with Crippen LogP contribution in [0.2, 0.25) is 0 Å². The Morgan fingerprint density at radius 1 is 1.36 bits per heavy atom. The Bertz CT molecular complexity index is 690. The van der Waals surface area contributed by atoms with Crippen molar-refractivity contribution in [3.63, 3.8) is 0 Å². The lowest BCUT2D eigenvalue weighted by atomic mass is 9.89. The van der Waals surface area contributed by atoms with Crippen LogP contribution in [-0.4, -0.2) is 41.3 Å². The molecule has 2 aromatic rings. The molecule has 1 fully saturated rings. The third-order valence-corrected chi connectivity index (χ3v) is 4.86. The molecule has 116 valence electrons. The first-order chi connectivity index (χ1) is 10.5. The molecule has 5 nitrogen and oxygen atoms in total. The van der Waals surface area contributed by atoms with E-state index in [-0.39, 0.29) is 5.69 Å². The quantitative estimate of drug-likeness (QED) is 0.900. The maximum atomic E-state index is 10.9. The van der Waals surface area contributed by atoms with Crippen molar-refractivity contribution < 1.29 is 14.4 Å². The minimum atomic E-state index is -1.09. The van der Waals surface area contributed by atoms with Gasteiger partial charge in [0.2, 0.25) is 0 Å². The van der Waals surface area contributed by atoms with Gasteiger partial charge in [-0.25, -0.2) is 4.79 Å². The van der Waals surface area contributed by atoms with Crippen LogP contribution in [0, 0.1) is 0 Å². The van der Waals surface area contributed by atoms with Gasteiger partial charge in [0.05, 0.1) is 0 Å². The summed E-state index contributed by atoms with van der Waals surface area (Å²) in [4.78, 5) is 13.2. The molecule has 0 aliphatic carbocycles. The number of likely N-dealkylation sites (tertiary alicyclic amines) is 1. The molecule has 0 radical (unpaired) electrons. The zero-order valence-electron chi connectivity index (χ0n) is 12.3. The molecule has 1 aliphatic heterocycles. The van der Waals surface area contributed by atoms with E-state index in [0.29, 0.717) is 11.7 Å². The number of carboxylic acid groups (broad SMARTS) is 1. The smallest absolute Gasteiger partial charge is 0.358 e. The molecule has 1 aliphatic rings. The summed E-state index contributed by atoms with van der Waals surface area (Å²) in [5.74, 6) is -0.0611. The van der Waals surface area contributed by atoms with Gasteiger partial charge in [0.1, 0.15) is 0 Å². The Kier molecular flexibility index (Phi) is 4.31. The van der Waals surface area contributed by atoms with Crippen LogP contribution in [0.15, 0.2) is 33.3 Å². The van der Waals surface area contributed by atoms with Crippen molar-refractivity contribution in [3.05, 3.63) is 40.0 Å².